The SMILES string of the molecule is CC1CCN(C(=O)Cn2c(=O)n(-c3ccccc3)c(=O)c3sccc32)CC1. The smallest absolute Gasteiger partial charge is 0.336 e. The average molecular weight is 383 g/mol. The first kappa shape index (κ1) is 17.7. The van der Waals surface area contributed by atoms with E-state index < -0.39 is 5.69 Å². The number of rotatable bonds is 3. The molecule has 4 rings (SSSR count). The summed E-state index contributed by atoms with van der Waals surface area (Å²) < 4.78 is 3.07. The Bertz CT molecular complexity index is 1090. The Kier molecular flexibility index (Phi) is 4.70. The van der Waals surface area contributed by atoms with Crippen LogP contribution < -0.4 is 11.2 Å². The number of piperidine rings is 1. The third kappa shape index (κ3) is 3.23. The number of hydrogen-bond acceptors (Lipinski definition) is 4. The lowest BCUT2D eigenvalue weighted by Crippen LogP contribution is -2.44. The maximum atomic E-state index is 13.1. The van der Waals surface area contributed by atoms with Gasteiger partial charge in [0, 0.05) is 13.1 Å². The van der Waals surface area contributed by atoms with Gasteiger partial charge in [0.25, 0.3) is 5.56 Å². The van der Waals surface area contributed by atoms with Gasteiger partial charge in [0.15, 0.2) is 0 Å². The van der Waals surface area contributed by atoms with Gasteiger partial charge in [-0.2, -0.15) is 0 Å². The summed E-state index contributed by atoms with van der Waals surface area (Å²) in [4.78, 5) is 40.6. The molecule has 1 aromatic carbocycles. The number of fused-ring (bicyclic) bond motifs is 1. The molecular weight excluding hydrogens is 362 g/mol. The topological polar surface area (TPSA) is 64.3 Å². The molecule has 0 spiro atoms. The minimum atomic E-state index is -0.476. The second kappa shape index (κ2) is 7.15. The van der Waals surface area contributed by atoms with Crippen LogP contribution in [0, 0.1) is 5.92 Å². The van der Waals surface area contributed by atoms with Gasteiger partial charge >= 0.3 is 5.69 Å². The zero-order valence-corrected chi connectivity index (χ0v) is 15.9. The lowest BCUT2D eigenvalue weighted by molar-refractivity contribution is -0.133. The van der Waals surface area contributed by atoms with Gasteiger partial charge < -0.3 is 4.90 Å². The van der Waals surface area contributed by atoms with Crippen LogP contribution in [0.2, 0.25) is 0 Å². The molecule has 1 saturated heterocycles. The van der Waals surface area contributed by atoms with Crippen molar-refractivity contribution < 1.29 is 4.79 Å². The van der Waals surface area contributed by atoms with E-state index in [0.717, 1.165) is 30.5 Å². The average Bonchev–Trinajstić information content (AvgIpc) is 3.16. The number of amides is 1. The van der Waals surface area contributed by atoms with E-state index in [0.29, 0.717) is 21.8 Å². The minimum Gasteiger partial charge on any atom is -0.341 e. The molecule has 1 amide bonds. The summed E-state index contributed by atoms with van der Waals surface area (Å²) in [6, 6.07) is 10.6. The molecule has 27 heavy (non-hydrogen) atoms. The summed E-state index contributed by atoms with van der Waals surface area (Å²) in [5.41, 5.74) is 0.222. The number of likely N-dealkylation sites (tertiary alicyclic amines) is 1. The van der Waals surface area contributed by atoms with E-state index in [2.05, 4.69) is 6.92 Å². The standard InChI is InChI=1S/C20H21N3O3S/c1-14-7-10-21(11-8-14)17(24)13-22-16-9-12-27-18(16)19(25)23(20(22)26)15-5-3-2-4-6-15/h2-6,9,12,14H,7-8,10-11,13H2,1H3. The molecule has 0 saturated carbocycles. The van der Waals surface area contributed by atoms with Crippen LogP contribution >= 0.6 is 11.3 Å². The number of aromatic nitrogens is 2. The van der Waals surface area contributed by atoms with E-state index in [1.54, 1.807) is 35.7 Å². The van der Waals surface area contributed by atoms with Crippen molar-refractivity contribution in [3.05, 3.63) is 62.6 Å². The molecule has 0 bridgehead atoms. The molecule has 0 N–H and O–H groups in total. The summed E-state index contributed by atoms with van der Waals surface area (Å²) in [6.07, 6.45) is 1.97. The van der Waals surface area contributed by atoms with Crippen LogP contribution in [0.1, 0.15) is 19.8 Å². The van der Waals surface area contributed by atoms with Gasteiger partial charge in [-0.3, -0.25) is 14.2 Å². The fourth-order valence-corrected chi connectivity index (χ4v) is 4.36. The van der Waals surface area contributed by atoms with Gasteiger partial charge in [-0.1, -0.05) is 25.1 Å². The monoisotopic (exact) mass is 383 g/mol. The van der Waals surface area contributed by atoms with Crippen molar-refractivity contribution in [1.82, 2.24) is 14.0 Å². The Hall–Kier alpha value is -2.67. The van der Waals surface area contributed by atoms with E-state index in [1.807, 2.05) is 11.0 Å². The molecule has 3 aromatic rings. The first-order chi connectivity index (χ1) is 13.1. The number of hydrogen-bond donors (Lipinski definition) is 0. The van der Waals surface area contributed by atoms with E-state index in [1.165, 1.54) is 15.9 Å². The molecule has 140 valence electrons. The predicted octanol–water partition coefficient (Wildman–Crippen LogP) is 2.47. The minimum absolute atomic E-state index is 0.0481. The van der Waals surface area contributed by atoms with Crippen LogP contribution in [-0.4, -0.2) is 33.0 Å². The normalized spacial score (nSPS) is 15.4. The maximum absolute atomic E-state index is 13.1. The molecule has 1 aliphatic rings. The number of thiophene rings is 1. The van der Waals surface area contributed by atoms with Crippen LogP contribution in [-0.2, 0) is 11.3 Å². The van der Waals surface area contributed by atoms with Crippen LogP contribution in [0.25, 0.3) is 15.9 Å². The predicted molar refractivity (Wildman–Crippen MR) is 107 cm³/mol. The van der Waals surface area contributed by atoms with Crippen molar-refractivity contribution in [1.29, 1.82) is 0 Å². The molecule has 0 unspecified atom stereocenters. The number of para-hydroxylation sites is 1. The molecule has 7 heteroatoms. The summed E-state index contributed by atoms with van der Waals surface area (Å²) in [7, 11) is 0. The van der Waals surface area contributed by atoms with Gasteiger partial charge in [0.2, 0.25) is 5.91 Å². The molecule has 1 aliphatic heterocycles. The van der Waals surface area contributed by atoms with Crippen LogP contribution in [0.3, 0.4) is 0 Å². The van der Waals surface area contributed by atoms with E-state index in [4.69, 9.17) is 0 Å². The third-order valence-electron chi connectivity index (χ3n) is 5.20. The lowest BCUT2D eigenvalue weighted by Gasteiger charge is -2.30. The van der Waals surface area contributed by atoms with E-state index in [9.17, 15) is 14.4 Å². The molecule has 2 aromatic heterocycles. The first-order valence-corrected chi connectivity index (χ1v) is 10.0. The Balaban J connectivity index is 1.79. The molecule has 3 heterocycles. The van der Waals surface area contributed by atoms with Crippen molar-refractivity contribution in [3.8, 4) is 5.69 Å². The third-order valence-corrected chi connectivity index (χ3v) is 6.09. The molecule has 0 aliphatic carbocycles. The summed E-state index contributed by atoms with van der Waals surface area (Å²) >= 11 is 1.29. The Morgan fingerprint density at radius 3 is 2.52 bits per heavy atom. The summed E-state index contributed by atoms with van der Waals surface area (Å²) in [5.74, 6) is 0.551. The highest BCUT2D eigenvalue weighted by Crippen LogP contribution is 2.19. The Morgan fingerprint density at radius 2 is 1.81 bits per heavy atom. The van der Waals surface area contributed by atoms with Crippen molar-refractivity contribution in [2.75, 3.05) is 13.1 Å². The second-order valence-electron chi connectivity index (χ2n) is 7.04. The Morgan fingerprint density at radius 1 is 1.11 bits per heavy atom. The van der Waals surface area contributed by atoms with Crippen LogP contribution in [0.5, 0.6) is 0 Å². The van der Waals surface area contributed by atoms with Gasteiger partial charge in [-0.25, -0.2) is 9.36 Å². The molecule has 6 nitrogen and oxygen atoms in total. The fraction of sp³-hybridized carbons (Fsp3) is 0.350. The Labute approximate surface area is 160 Å². The summed E-state index contributed by atoms with van der Waals surface area (Å²) in [5, 5.41) is 1.78. The van der Waals surface area contributed by atoms with Gasteiger partial charge in [0.05, 0.1) is 11.2 Å². The van der Waals surface area contributed by atoms with E-state index >= 15 is 0 Å². The van der Waals surface area contributed by atoms with Gasteiger partial charge in [0.1, 0.15) is 11.2 Å². The highest BCUT2D eigenvalue weighted by Gasteiger charge is 2.23. The second-order valence-corrected chi connectivity index (χ2v) is 7.96. The fourth-order valence-electron chi connectivity index (χ4n) is 3.54. The van der Waals surface area contributed by atoms with Crippen LogP contribution in [0.4, 0.5) is 0 Å². The highest BCUT2D eigenvalue weighted by atomic mass is 32.1. The zero-order valence-electron chi connectivity index (χ0n) is 15.1. The molecule has 0 radical (unpaired) electrons. The highest BCUT2D eigenvalue weighted by molar-refractivity contribution is 7.17. The number of benzene rings is 1. The van der Waals surface area contributed by atoms with Crippen molar-refractivity contribution in [3.63, 3.8) is 0 Å². The van der Waals surface area contributed by atoms with Crippen LogP contribution in [0.15, 0.2) is 51.4 Å². The maximum Gasteiger partial charge on any atom is 0.336 e. The quantitative estimate of drug-likeness (QED) is 0.698. The molecular formula is C20H21N3O3S. The first-order valence-electron chi connectivity index (χ1n) is 9.12. The lowest BCUT2D eigenvalue weighted by atomic mass is 9.99. The van der Waals surface area contributed by atoms with Crippen molar-refractivity contribution in [2.24, 2.45) is 5.92 Å². The van der Waals surface area contributed by atoms with Gasteiger partial charge in [-0.05, 0) is 42.3 Å². The van der Waals surface area contributed by atoms with Gasteiger partial charge in [-0.15, -0.1) is 11.3 Å². The van der Waals surface area contributed by atoms with Crippen molar-refractivity contribution in [2.45, 2.75) is 26.3 Å². The zero-order chi connectivity index (χ0) is 19.0. The van der Waals surface area contributed by atoms with Crippen molar-refractivity contribution >= 4 is 27.5 Å². The molecule has 1 fully saturated rings. The largest absolute Gasteiger partial charge is 0.341 e. The number of carbonyl (C=O) groups is 1. The summed E-state index contributed by atoms with van der Waals surface area (Å²) in [6.45, 7) is 3.59. The number of nitrogens with zero attached hydrogens (tertiary/aromatic N) is 3. The van der Waals surface area contributed by atoms with E-state index in [-0.39, 0.29) is 18.0 Å². The number of carbonyl (C=O) groups excluding carboxylic acids is 1. The molecule has 0 atom stereocenters.